The molecule has 0 fully saturated rings. The summed E-state index contributed by atoms with van der Waals surface area (Å²) in [6, 6.07) is 8.51. The minimum atomic E-state index is -4.83. The Labute approximate surface area is 159 Å². The Hall–Kier alpha value is -2.74. The predicted molar refractivity (Wildman–Crippen MR) is 97.8 cm³/mol. The van der Waals surface area contributed by atoms with Gasteiger partial charge in [-0.25, -0.2) is 4.39 Å². The zero-order chi connectivity index (χ0) is 20.5. The maximum absolute atomic E-state index is 14.6. The Morgan fingerprint density at radius 2 is 1.86 bits per heavy atom. The van der Waals surface area contributed by atoms with Gasteiger partial charge in [0.2, 0.25) is 0 Å². The number of para-hydroxylation sites is 1. The molecular weight excluding hydrogens is 376 g/mol. The monoisotopic (exact) mass is 396 g/mol. The summed E-state index contributed by atoms with van der Waals surface area (Å²) in [6.45, 7) is 1.99. The Morgan fingerprint density at radius 3 is 2.54 bits per heavy atom. The molecule has 0 amide bonds. The SMILES string of the molecule is CC(CN)c1cn(C)c2ccc(F)c(OCc3ccccc3OC(F)(F)F)c12. The van der Waals surface area contributed by atoms with Crippen LogP contribution in [-0.4, -0.2) is 17.5 Å². The Kier molecular flexibility index (Phi) is 5.51. The van der Waals surface area contributed by atoms with Crippen molar-refractivity contribution in [3.8, 4) is 11.5 Å². The van der Waals surface area contributed by atoms with Crippen LogP contribution in [0.4, 0.5) is 17.6 Å². The molecule has 0 bridgehead atoms. The van der Waals surface area contributed by atoms with E-state index in [2.05, 4.69) is 4.74 Å². The maximum Gasteiger partial charge on any atom is 0.573 e. The van der Waals surface area contributed by atoms with Gasteiger partial charge in [0.15, 0.2) is 11.6 Å². The highest BCUT2D eigenvalue weighted by molar-refractivity contribution is 5.90. The first-order valence-electron chi connectivity index (χ1n) is 8.65. The van der Waals surface area contributed by atoms with E-state index in [9.17, 15) is 17.6 Å². The first-order valence-corrected chi connectivity index (χ1v) is 8.65. The molecule has 150 valence electrons. The lowest BCUT2D eigenvalue weighted by molar-refractivity contribution is -0.275. The highest BCUT2D eigenvalue weighted by Crippen LogP contribution is 2.37. The zero-order valence-corrected chi connectivity index (χ0v) is 15.4. The van der Waals surface area contributed by atoms with E-state index in [-0.39, 0.29) is 29.6 Å². The summed E-state index contributed by atoms with van der Waals surface area (Å²) in [5, 5.41) is 0.565. The number of benzene rings is 2. The molecule has 2 aromatic carbocycles. The minimum Gasteiger partial charge on any atom is -0.485 e. The summed E-state index contributed by atoms with van der Waals surface area (Å²) in [5.41, 5.74) is 7.48. The van der Waals surface area contributed by atoms with Crippen molar-refractivity contribution in [2.45, 2.75) is 25.8 Å². The number of hydrogen-bond acceptors (Lipinski definition) is 3. The van der Waals surface area contributed by atoms with Gasteiger partial charge >= 0.3 is 6.36 Å². The van der Waals surface area contributed by atoms with Crippen molar-refractivity contribution >= 4 is 10.9 Å². The van der Waals surface area contributed by atoms with Gasteiger partial charge in [0, 0.05) is 24.2 Å². The quantitative estimate of drug-likeness (QED) is 0.606. The molecule has 0 saturated heterocycles. The highest BCUT2D eigenvalue weighted by Gasteiger charge is 2.32. The van der Waals surface area contributed by atoms with Crippen LogP contribution in [0.25, 0.3) is 10.9 Å². The second-order valence-electron chi connectivity index (χ2n) is 6.55. The topological polar surface area (TPSA) is 49.4 Å². The number of nitrogens with two attached hydrogens (primary N) is 1. The van der Waals surface area contributed by atoms with Crippen LogP contribution in [0.15, 0.2) is 42.6 Å². The number of fused-ring (bicyclic) bond motifs is 1. The third-order valence-corrected chi connectivity index (χ3v) is 4.54. The van der Waals surface area contributed by atoms with Crippen molar-refractivity contribution in [2.24, 2.45) is 12.8 Å². The Morgan fingerprint density at radius 1 is 1.14 bits per heavy atom. The third kappa shape index (κ3) is 4.06. The zero-order valence-electron chi connectivity index (χ0n) is 15.4. The van der Waals surface area contributed by atoms with Gasteiger partial charge in [-0.3, -0.25) is 0 Å². The van der Waals surface area contributed by atoms with Crippen LogP contribution in [0.3, 0.4) is 0 Å². The average molecular weight is 396 g/mol. The molecule has 1 aromatic heterocycles. The van der Waals surface area contributed by atoms with Crippen LogP contribution in [0.1, 0.15) is 24.0 Å². The van der Waals surface area contributed by atoms with E-state index in [4.69, 9.17) is 10.5 Å². The summed E-state index contributed by atoms with van der Waals surface area (Å²) in [7, 11) is 1.82. The van der Waals surface area contributed by atoms with E-state index in [0.717, 1.165) is 11.1 Å². The first kappa shape index (κ1) is 20.0. The fourth-order valence-electron chi connectivity index (χ4n) is 3.10. The molecule has 0 spiro atoms. The lowest BCUT2D eigenvalue weighted by atomic mass is 10.00. The minimum absolute atomic E-state index is 0.0183. The Balaban J connectivity index is 1.99. The lowest BCUT2D eigenvalue weighted by Gasteiger charge is -2.15. The van der Waals surface area contributed by atoms with Gasteiger partial charge in [-0.2, -0.15) is 0 Å². The van der Waals surface area contributed by atoms with Crippen molar-refractivity contribution in [3.63, 3.8) is 0 Å². The molecule has 0 aliphatic heterocycles. The molecule has 3 aromatic rings. The number of rotatable bonds is 6. The molecule has 0 saturated carbocycles. The number of halogens is 4. The number of alkyl halides is 3. The van der Waals surface area contributed by atoms with Crippen LogP contribution < -0.4 is 15.2 Å². The van der Waals surface area contributed by atoms with Crippen LogP contribution in [0.5, 0.6) is 11.5 Å². The fourth-order valence-corrected chi connectivity index (χ4v) is 3.10. The maximum atomic E-state index is 14.6. The number of nitrogens with zero attached hydrogens (tertiary/aromatic N) is 1. The largest absolute Gasteiger partial charge is 0.573 e. The molecule has 1 atom stereocenters. The number of aryl methyl sites for hydroxylation is 1. The van der Waals surface area contributed by atoms with Gasteiger partial charge in [-0.05, 0) is 36.2 Å². The standard InChI is InChI=1S/C20H20F4N2O2/c1-12(9-25)14-10-26(2)16-8-7-15(21)19(18(14)16)27-11-13-5-3-4-6-17(13)28-20(22,23)24/h3-8,10,12H,9,11,25H2,1-2H3. The van der Waals surface area contributed by atoms with Crippen LogP contribution in [0.2, 0.25) is 0 Å². The van der Waals surface area contributed by atoms with Crippen molar-refractivity contribution in [3.05, 3.63) is 59.5 Å². The molecule has 0 radical (unpaired) electrons. The number of hydrogen-bond donors (Lipinski definition) is 1. The molecule has 1 heterocycles. The van der Waals surface area contributed by atoms with Crippen molar-refractivity contribution in [1.29, 1.82) is 0 Å². The van der Waals surface area contributed by atoms with Gasteiger partial charge in [0.1, 0.15) is 12.4 Å². The van der Waals surface area contributed by atoms with E-state index in [0.29, 0.717) is 11.9 Å². The summed E-state index contributed by atoms with van der Waals surface area (Å²) < 4.78 is 63.9. The highest BCUT2D eigenvalue weighted by atomic mass is 19.4. The second kappa shape index (κ2) is 7.71. The van der Waals surface area contributed by atoms with Gasteiger partial charge in [0.25, 0.3) is 0 Å². The van der Waals surface area contributed by atoms with Crippen LogP contribution in [0, 0.1) is 5.82 Å². The molecule has 4 nitrogen and oxygen atoms in total. The third-order valence-electron chi connectivity index (χ3n) is 4.54. The van der Waals surface area contributed by atoms with E-state index >= 15 is 0 Å². The van der Waals surface area contributed by atoms with Crippen molar-refractivity contribution < 1.29 is 27.0 Å². The summed E-state index contributed by atoms with van der Waals surface area (Å²) in [6.07, 6.45) is -2.97. The predicted octanol–water partition coefficient (Wildman–Crippen LogP) is 4.86. The summed E-state index contributed by atoms with van der Waals surface area (Å²) in [5.74, 6) is -1.05. The summed E-state index contributed by atoms with van der Waals surface area (Å²) >= 11 is 0. The van der Waals surface area contributed by atoms with Crippen LogP contribution in [-0.2, 0) is 13.7 Å². The van der Waals surface area contributed by atoms with Gasteiger partial charge < -0.3 is 19.8 Å². The van der Waals surface area contributed by atoms with Gasteiger partial charge in [0.05, 0.1) is 5.52 Å². The van der Waals surface area contributed by atoms with Gasteiger partial charge in [-0.1, -0.05) is 25.1 Å². The van der Waals surface area contributed by atoms with E-state index in [1.54, 1.807) is 12.1 Å². The lowest BCUT2D eigenvalue weighted by Crippen LogP contribution is -2.18. The molecular formula is C20H20F4N2O2. The number of ether oxygens (including phenoxy) is 2. The van der Waals surface area contributed by atoms with E-state index in [1.807, 2.05) is 24.7 Å². The molecule has 8 heteroatoms. The van der Waals surface area contributed by atoms with E-state index < -0.39 is 12.2 Å². The second-order valence-corrected chi connectivity index (χ2v) is 6.55. The molecule has 28 heavy (non-hydrogen) atoms. The molecule has 0 aliphatic carbocycles. The van der Waals surface area contributed by atoms with Gasteiger partial charge in [-0.15, -0.1) is 13.2 Å². The number of aromatic nitrogens is 1. The first-order chi connectivity index (χ1) is 13.2. The van der Waals surface area contributed by atoms with E-state index in [1.165, 1.54) is 24.3 Å². The average Bonchev–Trinajstić information content (AvgIpc) is 2.97. The fraction of sp³-hybridized carbons (Fsp3) is 0.300. The van der Waals surface area contributed by atoms with Crippen molar-refractivity contribution in [1.82, 2.24) is 4.57 Å². The molecule has 0 aliphatic rings. The van der Waals surface area contributed by atoms with Crippen molar-refractivity contribution in [2.75, 3.05) is 6.54 Å². The molecule has 1 unspecified atom stereocenters. The normalized spacial score (nSPS) is 13.0. The molecule has 2 N–H and O–H groups in total. The Bertz CT molecular complexity index is 982. The summed E-state index contributed by atoms with van der Waals surface area (Å²) in [4.78, 5) is 0. The smallest absolute Gasteiger partial charge is 0.485 e. The molecule has 3 rings (SSSR count). The van der Waals surface area contributed by atoms with Crippen LogP contribution >= 0.6 is 0 Å².